The molecule has 1 aromatic heterocycles. The molecule has 1 aliphatic carbocycles. The molecule has 3 aromatic rings. The van der Waals surface area contributed by atoms with Gasteiger partial charge in [0.15, 0.2) is 0 Å². The lowest BCUT2D eigenvalue weighted by Gasteiger charge is -2.18. The molecule has 0 saturated carbocycles. The predicted octanol–water partition coefficient (Wildman–Crippen LogP) is 4.82. The quantitative estimate of drug-likeness (QED) is 0.737. The molecule has 0 bridgehead atoms. The van der Waals surface area contributed by atoms with E-state index in [1.54, 1.807) is 0 Å². The molecule has 2 nitrogen and oxygen atoms in total. The Hall–Kier alpha value is -1.77. The van der Waals surface area contributed by atoms with Gasteiger partial charge in [-0.15, -0.1) is 0 Å². The Morgan fingerprint density at radius 1 is 1.14 bits per heavy atom. The Balaban J connectivity index is 1.72. The summed E-state index contributed by atoms with van der Waals surface area (Å²) in [5.41, 5.74) is 10.1. The van der Waals surface area contributed by atoms with Crippen LogP contribution in [0, 0.1) is 0 Å². The fourth-order valence-electron chi connectivity index (χ4n) is 3.36. The summed E-state index contributed by atoms with van der Waals surface area (Å²) in [6, 6.07) is 16.1. The maximum absolute atomic E-state index is 6.49. The van der Waals surface area contributed by atoms with E-state index in [9.17, 15) is 0 Å². The van der Waals surface area contributed by atoms with E-state index < -0.39 is 0 Å². The van der Waals surface area contributed by atoms with Crippen LogP contribution in [0.5, 0.6) is 0 Å². The van der Waals surface area contributed by atoms with E-state index >= 15 is 0 Å². The molecule has 2 unspecified atom stereocenters. The molecule has 2 atom stereocenters. The van der Waals surface area contributed by atoms with Gasteiger partial charge < -0.3 is 10.2 Å². The highest BCUT2D eigenvalue weighted by atomic mass is 35.5. The number of furan rings is 1. The van der Waals surface area contributed by atoms with Crippen molar-refractivity contribution < 1.29 is 4.42 Å². The van der Waals surface area contributed by atoms with Crippen molar-refractivity contribution in [1.82, 2.24) is 0 Å². The zero-order chi connectivity index (χ0) is 14.4. The van der Waals surface area contributed by atoms with Gasteiger partial charge in [0.2, 0.25) is 0 Å². The van der Waals surface area contributed by atoms with E-state index in [2.05, 4.69) is 24.3 Å². The van der Waals surface area contributed by atoms with Crippen molar-refractivity contribution in [1.29, 1.82) is 0 Å². The maximum atomic E-state index is 6.49. The van der Waals surface area contributed by atoms with E-state index in [4.69, 9.17) is 21.8 Å². The van der Waals surface area contributed by atoms with Gasteiger partial charge in [-0.05, 0) is 48.2 Å². The fourth-order valence-corrected chi connectivity index (χ4v) is 3.54. The molecule has 1 aliphatic rings. The number of fused-ring (bicyclic) bond motifs is 2. The molecule has 0 saturated heterocycles. The minimum atomic E-state index is -0.111. The van der Waals surface area contributed by atoms with Crippen molar-refractivity contribution in [3.8, 4) is 0 Å². The normalized spacial score (nSPS) is 18.9. The Labute approximate surface area is 128 Å². The summed E-state index contributed by atoms with van der Waals surface area (Å²) in [4.78, 5) is 0. The van der Waals surface area contributed by atoms with Gasteiger partial charge in [-0.2, -0.15) is 0 Å². The molecule has 3 heteroatoms. The Morgan fingerprint density at radius 2 is 2.00 bits per heavy atom. The third-order valence-corrected chi connectivity index (χ3v) is 4.67. The van der Waals surface area contributed by atoms with Crippen LogP contribution in [-0.4, -0.2) is 0 Å². The highest BCUT2D eigenvalue weighted by molar-refractivity contribution is 6.31. The third-order valence-electron chi connectivity index (χ3n) is 4.44. The molecule has 0 fully saturated rings. The smallest absolute Gasteiger partial charge is 0.134 e. The first kappa shape index (κ1) is 12.9. The van der Waals surface area contributed by atoms with Crippen molar-refractivity contribution in [3.05, 3.63) is 70.4 Å². The first-order valence-corrected chi connectivity index (χ1v) is 7.62. The molecule has 2 N–H and O–H groups in total. The van der Waals surface area contributed by atoms with Crippen LogP contribution < -0.4 is 5.73 Å². The first-order chi connectivity index (χ1) is 10.2. The maximum Gasteiger partial charge on any atom is 0.134 e. The molecule has 2 aromatic carbocycles. The van der Waals surface area contributed by atoms with Gasteiger partial charge in [-0.25, -0.2) is 0 Å². The molecule has 0 spiro atoms. The van der Waals surface area contributed by atoms with Crippen molar-refractivity contribution >= 4 is 22.6 Å². The van der Waals surface area contributed by atoms with E-state index in [1.165, 1.54) is 11.1 Å². The van der Waals surface area contributed by atoms with Crippen LogP contribution in [-0.2, 0) is 6.42 Å². The topological polar surface area (TPSA) is 39.2 Å². The number of halogens is 1. The van der Waals surface area contributed by atoms with E-state index in [0.717, 1.165) is 34.6 Å². The summed E-state index contributed by atoms with van der Waals surface area (Å²) in [6.45, 7) is 0. The predicted molar refractivity (Wildman–Crippen MR) is 85.7 cm³/mol. The molecule has 0 aliphatic heterocycles. The van der Waals surface area contributed by atoms with Crippen molar-refractivity contribution in [2.24, 2.45) is 5.73 Å². The summed E-state index contributed by atoms with van der Waals surface area (Å²) >= 11 is 6.03. The standard InChI is InChI=1S/C18H16ClNO/c19-13-6-8-16-12(9-13)10-17(21-16)18(20)15-7-5-11-3-1-2-4-14(11)15/h1-4,6,8-10,15,18H,5,7,20H2. The summed E-state index contributed by atoms with van der Waals surface area (Å²) < 4.78 is 5.93. The van der Waals surface area contributed by atoms with Gasteiger partial charge in [0.25, 0.3) is 0 Å². The van der Waals surface area contributed by atoms with Crippen LogP contribution in [0.1, 0.15) is 35.3 Å². The molecule has 4 rings (SSSR count). The monoisotopic (exact) mass is 297 g/mol. The zero-order valence-corrected chi connectivity index (χ0v) is 12.3. The largest absolute Gasteiger partial charge is 0.459 e. The van der Waals surface area contributed by atoms with Gasteiger partial charge >= 0.3 is 0 Å². The molecule has 1 heterocycles. The number of hydrogen-bond acceptors (Lipinski definition) is 2. The molecule has 0 radical (unpaired) electrons. The van der Waals surface area contributed by atoms with Gasteiger partial charge in [0.05, 0.1) is 6.04 Å². The van der Waals surface area contributed by atoms with Crippen LogP contribution in [0.3, 0.4) is 0 Å². The van der Waals surface area contributed by atoms with Gasteiger partial charge in [-0.1, -0.05) is 35.9 Å². The van der Waals surface area contributed by atoms with Crippen LogP contribution in [0.2, 0.25) is 5.02 Å². The molecular formula is C18H16ClNO. The lowest BCUT2D eigenvalue weighted by molar-refractivity contribution is 0.441. The minimum absolute atomic E-state index is 0.111. The average molecular weight is 298 g/mol. The molecular weight excluding hydrogens is 282 g/mol. The van der Waals surface area contributed by atoms with Crippen LogP contribution in [0.25, 0.3) is 11.0 Å². The van der Waals surface area contributed by atoms with Gasteiger partial charge in [-0.3, -0.25) is 0 Å². The SMILES string of the molecule is NC(c1cc2cc(Cl)ccc2o1)C1CCc2ccccc21. The number of benzene rings is 2. The summed E-state index contributed by atoms with van der Waals surface area (Å²) in [5.74, 6) is 1.17. The van der Waals surface area contributed by atoms with Crippen molar-refractivity contribution in [3.63, 3.8) is 0 Å². The summed E-state index contributed by atoms with van der Waals surface area (Å²) in [7, 11) is 0. The fraction of sp³-hybridized carbons (Fsp3) is 0.222. The second-order valence-electron chi connectivity index (χ2n) is 5.70. The van der Waals surface area contributed by atoms with Crippen LogP contribution in [0.4, 0.5) is 0 Å². The third kappa shape index (κ3) is 2.15. The van der Waals surface area contributed by atoms with E-state index in [1.807, 2.05) is 24.3 Å². The lowest BCUT2D eigenvalue weighted by atomic mass is 9.92. The number of aryl methyl sites for hydroxylation is 1. The lowest BCUT2D eigenvalue weighted by Crippen LogP contribution is -2.17. The molecule has 0 amide bonds. The van der Waals surface area contributed by atoms with Crippen LogP contribution in [0.15, 0.2) is 52.9 Å². The van der Waals surface area contributed by atoms with Gasteiger partial charge in [0.1, 0.15) is 11.3 Å². The number of hydrogen-bond donors (Lipinski definition) is 1. The van der Waals surface area contributed by atoms with Crippen LogP contribution >= 0.6 is 11.6 Å². The van der Waals surface area contributed by atoms with E-state index in [-0.39, 0.29) is 6.04 Å². The highest BCUT2D eigenvalue weighted by Gasteiger charge is 2.30. The Bertz CT molecular complexity index is 808. The number of nitrogens with two attached hydrogens (primary N) is 1. The summed E-state index contributed by atoms with van der Waals surface area (Å²) in [5, 5.41) is 1.73. The summed E-state index contributed by atoms with van der Waals surface area (Å²) in [6.07, 6.45) is 2.18. The Kier molecular flexibility index (Phi) is 3.02. The number of rotatable bonds is 2. The average Bonchev–Trinajstić information content (AvgIpc) is 3.09. The first-order valence-electron chi connectivity index (χ1n) is 7.25. The van der Waals surface area contributed by atoms with E-state index in [0.29, 0.717) is 5.92 Å². The molecule has 106 valence electrons. The van der Waals surface area contributed by atoms with Crippen molar-refractivity contribution in [2.75, 3.05) is 0 Å². The van der Waals surface area contributed by atoms with Gasteiger partial charge in [0, 0.05) is 16.3 Å². The zero-order valence-electron chi connectivity index (χ0n) is 11.6. The van der Waals surface area contributed by atoms with Crippen molar-refractivity contribution in [2.45, 2.75) is 24.8 Å². The molecule has 21 heavy (non-hydrogen) atoms. The second-order valence-corrected chi connectivity index (χ2v) is 6.14. The second kappa shape index (κ2) is 4.90. The minimum Gasteiger partial charge on any atom is -0.459 e. The Morgan fingerprint density at radius 3 is 2.90 bits per heavy atom. The highest BCUT2D eigenvalue weighted by Crippen LogP contribution is 2.41.